The summed E-state index contributed by atoms with van der Waals surface area (Å²) >= 11 is 0. The predicted molar refractivity (Wildman–Crippen MR) is 137 cm³/mol. The molecule has 2 N–H and O–H groups in total. The highest BCUT2D eigenvalue weighted by atomic mass is 19.1. The van der Waals surface area contributed by atoms with Gasteiger partial charge in [0.15, 0.2) is 0 Å². The molecule has 2 aliphatic carbocycles. The third-order valence-corrected chi connectivity index (χ3v) is 8.08. The Labute approximate surface area is 214 Å². The second-order valence-corrected chi connectivity index (χ2v) is 10.7. The first-order valence-corrected chi connectivity index (χ1v) is 13.0. The molecule has 0 radical (unpaired) electrons. The maximum Gasteiger partial charge on any atom is 0.268 e. The van der Waals surface area contributed by atoms with Gasteiger partial charge in [-0.3, -0.25) is 19.1 Å². The van der Waals surface area contributed by atoms with Crippen LogP contribution in [0.3, 0.4) is 0 Å². The first-order chi connectivity index (χ1) is 17.9. The van der Waals surface area contributed by atoms with E-state index < -0.39 is 11.5 Å². The van der Waals surface area contributed by atoms with Crippen LogP contribution in [0.2, 0.25) is 0 Å². The minimum atomic E-state index is -0.547. The molecule has 3 aliphatic rings. The summed E-state index contributed by atoms with van der Waals surface area (Å²) in [5, 5.41) is 14.5. The molecule has 0 bridgehead atoms. The summed E-state index contributed by atoms with van der Waals surface area (Å²) in [5.74, 6) is -1.26. The van der Waals surface area contributed by atoms with Crippen LogP contribution in [0, 0.1) is 11.2 Å². The van der Waals surface area contributed by atoms with Gasteiger partial charge in [-0.25, -0.2) is 9.37 Å². The monoisotopic (exact) mass is 506 g/mol. The average molecular weight is 507 g/mol. The number of aromatic hydroxyl groups is 1. The fraction of sp³-hybridized carbons (Fsp3) is 0.464. The van der Waals surface area contributed by atoms with Crippen LogP contribution in [0.4, 0.5) is 4.39 Å². The molecule has 1 aromatic carbocycles. The van der Waals surface area contributed by atoms with Crippen LogP contribution < -0.4 is 10.9 Å². The molecule has 1 aliphatic heterocycles. The van der Waals surface area contributed by atoms with E-state index in [0.717, 1.165) is 39.0 Å². The van der Waals surface area contributed by atoms with Gasteiger partial charge < -0.3 is 15.2 Å². The van der Waals surface area contributed by atoms with Crippen LogP contribution in [0.15, 0.2) is 41.3 Å². The Morgan fingerprint density at radius 2 is 1.92 bits per heavy atom. The van der Waals surface area contributed by atoms with Gasteiger partial charge >= 0.3 is 0 Å². The number of pyridine rings is 2. The zero-order valence-electron chi connectivity index (χ0n) is 20.7. The fourth-order valence-electron chi connectivity index (χ4n) is 5.72. The van der Waals surface area contributed by atoms with Crippen LogP contribution in [-0.2, 0) is 11.3 Å². The van der Waals surface area contributed by atoms with Crippen molar-refractivity contribution in [3.8, 4) is 16.9 Å². The molecule has 0 unspecified atom stereocenters. The van der Waals surface area contributed by atoms with E-state index in [1.807, 2.05) is 0 Å². The minimum absolute atomic E-state index is 0.0266. The van der Waals surface area contributed by atoms with E-state index in [2.05, 4.69) is 15.2 Å². The summed E-state index contributed by atoms with van der Waals surface area (Å²) in [4.78, 5) is 33.7. The molecule has 3 aromatic rings. The van der Waals surface area contributed by atoms with Crippen molar-refractivity contribution >= 4 is 16.9 Å². The molecule has 8 nitrogen and oxygen atoms in total. The van der Waals surface area contributed by atoms with Crippen LogP contribution >= 0.6 is 0 Å². The van der Waals surface area contributed by atoms with E-state index in [1.54, 1.807) is 24.4 Å². The molecule has 37 heavy (non-hydrogen) atoms. The Hall–Kier alpha value is -3.30. The third-order valence-electron chi connectivity index (χ3n) is 8.08. The standard InChI is InChI=1S/C28H31FN4O4/c29-20-4-2-18(3-5-20)19-14-22-24(34)23(26(35)31-21-15-28(16-21)6-7-28)27(36)33(25(22)30-17-19)10-9-32-8-1-12-37-13-11-32/h2-5,14,17,21,34H,1,6-13,15-16H2,(H,31,35). The zero-order chi connectivity index (χ0) is 25.6. The number of ether oxygens (including phenoxy) is 1. The van der Waals surface area contributed by atoms with Gasteiger partial charge in [0.05, 0.1) is 12.0 Å². The van der Waals surface area contributed by atoms with Crippen molar-refractivity contribution in [1.29, 1.82) is 0 Å². The first-order valence-electron chi connectivity index (χ1n) is 13.0. The number of benzene rings is 1. The van der Waals surface area contributed by atoms with E-state index in [9.17, 15) is 19.1 Å². The molecule has 0 atom stereocenters. The second-order valence-electron chi connectivity index (χ2n) is 10.7. The van der Waals surface area contributed by atoms with Crippen LogP contribution in [0.5, 0.6) is 5.75 Å². The number of aromatic nitrogens is 2. The smallest absolute Gasteiger partial charge is 0.268 e. The first kappa shape index (κ1) is 24.1. The SMILES string of the molecule is O=C(NC1CC2(CC2)C1)c1c(O)c2cc(-c3ccc(F)cc3)cnc2n(CCN2CCCOCC2)c1=O. The van der Waals surface area contributed by atoms with Gasteiger partial charge in [0.1, 0.15) is 22.8 Å². The molecule has 1 spiro atoms. The summed E-state index contributed by atoms with van der Waals surface area (Å²) in [7, 11) is 0. The molecule has 194 valence electrons. The molecule has 2 saturated carbocycles. The number of halogens is 1. The molecule has 6 rings (SSSR count). The van der Waals surface area contributed by atoms with Crippen LogP contribution in [0.1, 0.15) is 42.5 Å². The summed E-state index contributed by atoms with van der Waals surface area (Å²) in [6.07, 6.45) is 6.78. The molecule has 3 fully saturated rings. The number of hydrogen-bond donors (Lipinski definition) is 2. The topological polar surface area (TPSA) is 96.7 Å². The Balaban J connectivity index is 1.38. The molecule has 1 amide bonds. The van der Waals surface area contributed by atoms with Crippen molar-refractivity contribution in [1.82, 2.24) is 19.8 Å². The Morgan fingerprint density at radius 1 is 1.14 bits per heavy atom. The maximum absolute atomic E-state index is 13.6. The molecule has 3 heterocycles. The lowest BCUT2D eigenvalue weighted by molar-refractivity contribution is 0.0873. The Morgan fingerprint density at radius 3 is 2.68 bits per heavy atom. The fourth-order valence-corrected chi connectivity index (χ4v) is 5.72. The number of rotatable bonds is 6. The quantitative estimate of drug-likeness (QED) is 0.533. The van der Waals surface area contributed by atoms with E-state index >= 15 is 0 Å². The highest BCUT2D eigenvalue weighted by molar-refractivity contribution is 6.02. The van der Waals surface area contributed by atoms with Gasteiger partial charge in [-0.1, -0.05) is 12.1 Å². The number of fused-ring (bicyclic) bond motifs is 1. The maximum atomic E-state index is 13.6. The number of nitrogens with one attached hydrogen (secondary N) is 1. The molecular weight excluding hydrogens is 475 g/mol. The minimum Gasteiger partial charge on any atom is -0.506 e. The summed E-state index contributed by atoms with van der Waals surface area (Å²) in [6.45, 7) is 3.91. The predicted octanol–water partition coefficient (Wildman–Crippen LogP) is 3.30. The number of carbonyl (C=O) groups is 1. The Bertz CT molecular complexity index is 1380. The lowest BCUT2D eigenvalue weighted by Gasteiger charge is -2.36. The number of hydrogen-bond acceptors (Lipinski definition) is 6. The van der Waals surface area contributed by atoms with Crippen molar-refractivity contribution < 1.29 is 19.0 Å². The summed E-state index contributed by atoms with van der Waals surface area (Å²) in [6, 6.07) is 7.71. The molecule has 2 aromatic heterocycles. The normalized spacial score (nSPS) is 19.5. The lowest BCUT2D eigenvalue weighted by Crippen LogP contribution is -2.47. The molecular formula is C28H31FN4O4. The van der Waals surface area contributed by atoms with Gasteiger partial charge in [0.25, 0.3) is 11.5 Å². The highest BCUT2D eigenvalue weighted by Gasteiger charge is 2.53. The molecule has 9 heteroatoms. The van der Waals surface area contributed by atoms with Crippen molar-refractivity contribution in [2.75, 3.05) is 32.8 Å². The average Bonchev–Trinajstić information content (AvgIpc) is 3.69. The van der Waals surface area contributed by atoms with Crippen molar-refractivity contribution in [2.45, 2.75) is 44.7 Å². The summed E-state index contributed by atoms with van der Waals surface area (Å²) < 4.78 is 20.5. The zero-order valence-corrected chi connectivity index (χ0v) is 20.7. The number of nitrogens with zero attached hydrogens (tertiary/aromatic N) is 3. The lowest BCUT2D eigenvalue weighted by atomic mass is 9.77. The number of amides is 1. The van der Waals surface area contributed by atoms with E-state index in [0.29, 0.717) is 47.3 Å². The van der Waals surface area contributed by atoms with Crippen LogP contribution in [-0.4, -0.2) is 64.4 Å². The van der Waals surface area contributed by atoms with Crippen molar-refractivity contribution in [2.24, 2.45) is 5.41 Å². The van der Waals surface area contributed by atoms with E-state index in [-0.39, 0.29) is 23.2 Å². The number of carbonyl (C=O) groups excluding carboxylic acids is 1. The third kappa shape index (κ3) is 4.73. The Kier molecular flexibility index (Phi) is 6.20. The highest BCUT2D eigenvalue weighted by Crippen LogP contribution is 2.60. The van der Waals surface area contributed by atoms with Crippen LogP contribution in [0.25, 0.3) is 22.2 Å². The molecule has 1 saturated heterocycles. The van der Waals surface area contributed by atoms with Crippen molar-refractivity contribution in [3.63, 3.8) is 0 Å². The van der Waals surface area contributed by atoms with Gasteiger partial charge in [-0.05, 0) is 61.3 Å². The second kappa shape index (κ2) is 9.54. The van der Waals surface area contributed by atoms with Gasteiger partial charge in [-0.2, -0.15) is 0 Å². The van der Waals surface area contributed by atoms with E-state index in [4.69, 9.17) is 4.74 Å². The summed E-state index contributed by atoms with van der Waals surface area (Å²) in [5.41, 5.74) is 1.29. The van der Waals surface area contributed by atoms with Gasteiger partial charge in [0, 0.05) is 50.6 Å². The largest absolute Gasteiger partial charge is 0.506 e. The van der Waals surface area contributed by atoms with Gasteiger partial charge in [-0.15, -0.1) is 0 Å². The van der Waals surface area contributed by atoms with E-state index in [1.165, 1.54) is 29.5 Å². The van der Waals surface area contributed by atoms with Gasteiger partial charge in [0.2, 0.25) is 0 Å². The van der Waals surface area contributed by atoms with Crippen molar-refractivity contribution in [3.05, 3.63) is 58.3 Å².